The lowest BCUT2D eigenvalue weighted by molar-refractivity contribution is -0.174. The summed E-state index contributed by atoms with van der Waals surface area (Å²) in [6.45, 7) is 5.07. The molecule has 0 fully saturated rings. The van der Waals surface area contributed by atoms with Gasteiger partial charge in [0, 0.05) is 0 Å². The van der Waals surface area contributed by atoms with Crippen molar-refractivity contribution in [2.24, 2.45) is 0 Å². The van der Waals surface area contributed by atoms with Crippen LogP contribution in [0.5, 0.6) is 0 Å². The van der Waals surface area contributed by atoms with E-state index in [9.17, 15) is 19.2 Å². The standard InChI is InChI=1S/C18H18O10/c1-5-9-23-15(19)13(27-17(21)25-11-7-3)14(16(20)24-10-6-2)28-18(22)26-12-8-4/h1-2,7-8,13-14H,3-4,9-12H2. The normalized spacial score (nSPS) is 11.2. The van der Waals surface area contributed by atoms with Crippen molar-refractivity contribution in [3.05, 3.63) is 25.3 Å². The second kappa shape index (κ2) is 14.3. The molecule has 0 bridgehead atoms. The van der Waals surface area contributed by atoms with Crippen molar-refractivity contribution in [1.82, 2.24) is 0 Å². The molecule has 0 aromatic carbocycles. The number of terminal acetylenes is 2. The van der Waals surface area contributed by atoms with E-state index in [-0.39, 0.29) is 13.2 Å². The number of carbonyl (C=O) groups excluding carboxylic acids is 4. The van der Waals surface area contributed by atoms with E-state index in [0.717, 1.165) is 0 Å². The van der Waals surface area contributed by atoms with Gasteiger partial charge in [-0.05, 0) is 0 Å². The van der Waals surface area contributed by atoms with Crippen molar-refractivity contribution in [3.63, 3.8) is 0 Å². The lowest BCUT2D eigenvalue weighted by Gasteiger charge is -2.23. The Balaban J connectivity index is 5.60. The molecule has 0 amide bonds. The maximum atomic E-state index is 12.2. The highest BCUT2D eigenvalue weighted by Crippen LogP contribution is 2.12. The highest BCUT2D eigenvalue weighted by atomic mass is 16.8. The highest BCUT2D eigenvalue weighted by Gasteiger charge is 2.43. The molecule has 0 aromatic heterocycles. The van der Waals surface area contributed by atoms with E-state index >= 15 is 0 Å². The van der Waals surface area contributed by atoms with Gasteiger partial charge in [-0.1, -0.05) is 37.2 Å². The molecule has 2 atom stereocenters. The van der Waals surface area contributed by atoms with Gasteiger partial charge in [-0.25, -0.2) is 19.2 Å². The fourth-order valence-corrected chi connectivity index (χ4v) is 1.39. The molecule has 0 N–H and O–H groups in total. The molecule has 0 rings (SSSR count). The molecule has 0 saturated carbocycles. The van der Waals surface area contributed by atoms with Gasteiger partial charge in [0.2, 0.25) is 12.2 Å². The van der Waals surface area contributed by atoms with Gasteiger partial charge in [-0.15, -0.1) is 12.8 Å². The molecule has 0 aliphatic heterocycles. The summed E-state index contributed by atoms with van der Waals surface area (Å²) < 4.78 is 27.8. The minimum Gasteiger partial charge on any atom is -0.450 e. The molecule has 0 heterocycles. The Labute approximate surface area is 161 Å². The van der Waals surface area contributed by atoms with E-state index in [1.54, 1.807) is 0 Å². The van der Waals surface area contributed by atoms with Crippen molar-refractivity contribution in [2.45, 2.75) is 12.2 Å². The number of rotatable bonds is 11. The van der Waals surface area contributed by atoms with Gasteiger partial charge >= 0.3 is 24.2 Å². The van der Waals surface area contributed by atoms with E-state index in [2.05, 4.69) is 32.1 Å². The van der Waals surface area contributed by atoms with Crippen molar-refractivity contribution in [2.75, 3.05) is 26.4 Å². The topological polar surface area (TPSA) is 124 Å². The zero-order valence-electron chi connectivity index (χ0n) is 14.8. The van der Waals surface area contributed by atoms with Crippen LogP contribution in [-0.4, -0.2) is 62.9 Å². The summed E-state index contributed by atoms with van der Waals surface area (Å²) in [5, 5.41) is 0. The van der Waals surface area contributed by atoms with Crippen LogP contribution in [0.2, 0.25) is 0 Å². The third kappa shape index (κ3) is 9.53. The second-order valence-corrected chi connectivity index (χ2v) is 4.40. The van der Waals surface area contributed by atoms with Crippen LogP contribution in [0.3, 0.4) is 0 Å². The lowest BCUT2D eigenvalue weighted by atomic mass is 10.2. The number of ether oxygens (including phenoxy) is 6. The summed E-state index contributed by atoms with van der Waals surface area (Å²) in [6.07, 6.45) is 5.38. The summed E-state index contributed by atoms with van der Waals surface area (Å²) in [7, 11) is 0. The maximum absolute atomic E-state index is 12.2. The molecular formula is C18H18O10. The molecule has 0 saturated heterocycles. The van der Waals surface area contributed by atoms with Gasteiger partial charge in [-0.2, -0.15) is 0 Å². The number of hydrogen-bond donors (Lipinski definition) is 0. The van der Waals surface area contributed by atoms with Crippen LogP contribution in [0.4, 0.5) is 9.59 Å². The molecule has 28 heavy (non-hydrogen) atoms. The van der Waals surface area contributed by atoms with Crippen molar-refractivity contribution < 1.29 is 47.6 Å². The first kappa shape index (κ1) is 24.1. The Morgan fingerprint density at radius 1 is 0.750 bits per heavy atom. The average Bonchev–Trinajstić information content (AvgIpc) is 2.69. The van der Waals surface area contributed by atoms with Crippen molar-refractivity contribution >= 4 is 24.2 Å². The predicted octanol–water partition coefficient (Wildman–Crippen LogP) is 0.755. The number of carbonyl (C=O) groups is 4. The summed E-state index contributed by atoms with van der Waals surface area (Å²) in [5.74, 6) is 1.37. The van der Waals surface area contributed by atoms with E-state index < -0.39 is 49.7 Å². The summed E-state index contributed by atoms with van der Waals surface area (Å²) in [6, 6.07) is 0. The van der Waals surface area contributed by atoms with Crippen LogP contribution in [0, 0.1) is 24.7 Å². The molecule has 10 nitrogen and oxygen atoms in total. The fourth-order valence-electron chi connectivity index (χ4n) is 1.39. The van der Waals surface area contributed by atoms with Gasteiger partial charge in [0.05, 0.1) is 0 Å². The average molecular weight is 394 g/mol. The summed E-state index contributed by atoms with van der Waals surface area (Å²) in [5.41, 5.74) is 0. The van der Waals surface area contributed by atoms with Crippen molar-refractivity contribution in [1.29, 1.82) is 0 Å². The monoisotopic (exact) mass is 394 g/mol. The van der Waals surface area contributed by atoms with E-state index in [0.29, 0.717) is 0 Å². The molecule has 0 radical (unpaired) electrons. The first-order chi connectivity index (χ1) is 13.4. The summed E-state index contributed by atoms with van der Waals surface area (Å²) >= 11 is 0. The van der Waals surface area contributed by atoms with E-state index in [1.165, 1.54) is 12.2 Å². The van der Waals surface area contributed by atoms with E-state index in [4.69, 9.17) is 22.3 Å². The van der Waals surface area contributed by atoms with Gasteiger partial charge in [0.25, 0.3) is 0 Å². The van der Waals surface area contributed by atoms with Crippen LogP contribution in [0.1, 0.15) is 0 Å². The summed E-state index contributed by atoms with van der Waals surface area (Å²) in [4.78, 5) is 47.7. The quantitative estimate of drug-likeness (QED) is 0.215. The minimum absolute atomic E-state index is 0.264. The van der Waals surface area contributed by atoms with E-state index in [1.807, 2.05) is 11.8 Å². The predicted molar refractivity (Wildman–Crippen MR) is 92.4 cm³/mol. The third-order valence-electron chi connectivity index (χ3n) is 2.42. The number of hydrogen-bond acceptors (Lipinski definition) is 10. The van der Waals surface area contributed by atoms with Crippen LogP contribution in [-0.2, 0) is 38.0 Å². The molecule has 0 aromatic rings. The Morgan fingerprint density at radius 2 is 1.11 bits per heavy atom. The Bertz CT molecular complexity index is 609. The fraction of sp³-hybridized carbons (Fsp3) is 0.333. The molecule has 0 aliphatic rings. The third-order valence-corrected chi connectivity index (χ3v) is 2.42. The Morgan fingerprint density at radius 3 is 1.39 bits per heavy atom. The van der Waals surface area contributed by atoms with Gasteiger partial charge in [-0.3, -0.25) is 0 Å². The second-order valence-electron chi connectivity index (χ2n) is 4.40. The SMILES string of the molecule is C#CCOC(=O)C(OC(=O)OCC=C)C(OC(=O)OCC=C)C(=O)OCC#C. The van der Waals surface area contributed by atoms with Crippen LogP contribution >= 0.6 is 0 Å². The molecule has 0 spiro atoms. The zero-order chi connectivity index (χ0) is 21.4. The molecule has 0 aliphatic carbocycles. The maximum Gasteiger partial charge on any atom is 0.509 e. The highest BCUT2D eigenvalue weighted by molar-refractivity contribution is 5.88. The minimum atomic E-state index is -2.12. The Hall–Kier alpha value is -3.92. The zero-order valence-corrected chi connectivity index (χ0v) is 14.8. The van der Waals surface area contributed by atoms with Crippen LogP contribution in [0.25, 0.3) is 0 Å². The van der Waals surface area contributed by atoms with Gasteiger partial charge < -0.3 is 28.4 Å². The molecule has 10 heteroatoms. The molecular weight excluding hydrogens is 376 g/mol. The first-order valence-corrected chi connectivity index (χ1v) is 7.50. The lowest BCUT2D eigenvalue weighted by Crippen LogP contribution is -2.47. The van der Waals surface area contributed by atoms with Crippen LogP contribution < -0.4 is 0 Å². The van der Waals surface area contributed by atoms with Gasteiger partial charge in [0.15, 0.2) is 13.2 Å². The largest absolute Gasteiger partial charge is 0.509 e. The Kier molecular flexibility index (Phi) is 12.3. The molecule has 150 valence electrons. The van der Waals surface area contributed by atoms with Crippen molar-refractivity contribution in [3.8, 4) is 24.7 Å². The molecule has 2 unspecified atom stereocenters. The smallest absolute Gasteiger partial charge is 0.450 e. The first-order valence-electron chi connectivity index (χ1n) is 7.50. The number of esters is 2. The van der Waals surface area contributed by atoms with Crippen LogP contribution in [0.15, 0.2) is 25.3 Å². The van der Waals surface area contributed by atoms with Gasteiger partial charge in [0.1, 0.15) is 13.2 Å².